The Balaban J connectivity index is 3.13. The van der Waals surface area contributed by atoms with Gasteiger partial charge in [0, 0.05) is 25.0 Å². The van der Waals surface area contributed by atoms with Gasteiger partial charge in [0.15, 0.2) is 0 Å². The molecule has 0 aromatic rings. The summed E-state index contributed by atoms with van der Waals surface area (Å²) >= 11 is 3.43. The Kier molecular flexibility index (Phi) is 19.9. The normalized spacial score (nSPS) is 10.9. The first-order valence-electron chi connectivity index (χ1n) is 9.60. The Morgan fingerprint density at radius 2 is 1.30 bits per heavy atom. The molecule has 23 heavy (non-hydrogen) atoms. The van der Waals surface area contributed by atoms with Crippen LogP contribution >= 0.6 is 15.9 Å². The van der Waals surface area contributed by atoms with Crippen LogP contribution in [0.3, 0.4) is 0 Å². The predicted molar refractivity (Wildman–Crippen MR) is 101 cm³/mol. The topological polar surface area (TPSA) is 35.5 Å². The molecule has 0 aromatic carbocycles. The molecule has 0 unspecified atom stereocenters. The quantitative estimate of drug-likeness (QED) is 0.162. The van der Waals surface area contributed by atoms with E-state index in [4.69, 9.17) is 9.47 Å². The summed E-state index contributed by atoms with van der Waals surface area (Å²) in [6.45, 7) is 4.32. The summed E-state index contributed by atoms with van der Waals surface area (Å²) in [6, 6.07) is 0. The second-order valence-electron chi connectivity index (χ2n) is 6.16. The zero-order valence-electron chi connectivity index (χ0n) is 15.1. The molecule has 0 spiro atoms. The average molecular weight is 393 g/mol. The fraction of sp³-hybridized carbons (Fsp3) is 0.947. The van der Waals surface area contributed by atoms with Crippen LogP contribution < -0.4 is 0 Å². The minimum atomic E-state index is -0.0753. The molecular weight excluding hydrogens is 356 g/mol. The van der Waals surface area contributed by atoms with Crippen LogP contribution in [0, 0.1) is 0 Å². The maximum absolute atomic E-state index is 11.5. The molecule has 0 aromatic heterocycles. The molecule has 0 aliphatic rings. The van der Waals surface area contributed by atoms with Crippen molar-refractivity contribution >= 4 is 21.9 Å². The Morgan fingerprint density at radius 3 is 2.00 bits per heavy atom. The number of rotatable bonds is 18. The van der Waals surface area contributed by atoms with Gasteiger partial charge in [0.05, 0.1) is 6.61 Å². The van der Waals surface area contributed by atoms with Crippen molar-refractivity contribution in [2.24, 2.45) is 0 Å². The number of carbonyl (C=O) groups excluding carboxylic acids is 1. The van der Waals surface area contributed by atoms with Gasteiger partial charge in [-0.1, -0.05) is 74.2 Å². The second-order valence-corrected chi connectivity index (χ2v) is 6.95. The van der Waals surface area contributed by atoms with E-state index < -0.39 is 0 Å². The third kappa shape index (κ3) is 19.9. The molecule has 3 nitrogen and oxygen atoms in total. The van der Waals surface area contributed by atoms with Crippen LogP contribution in [-0.2, 0) is 14.3 Å². The van der Waals surface area contributed by atoms with Crippen molar-refractivity contribution in [3.8, 4) is 0 Å². The van der Waals surface area contributed by atoms with E-state index in [1.165, 1.54) is 51.4 Å². The molecule has 4 heteroatoms. The highest BCUT2D eigenvalue weighted by Gasteiger charge is 2.02. The van der Waals surface area contributed by atoms with E-state index in [1.54, 1.807) is 0 Å². The van der Waals surface area contributed by atoms with Crippen molar-refractivity contribution in [3.63, 3.8) is 0 Å². The minimum Gasteiger partial charge on any atom is -0.466 e. The van der Waals surface area contributed by atoms with Crippen LogP contribution in [0.4, 0.5) is 0 Å². The lowest BCUT2D eigenvalue weighted by Gasteiger charge is -2.06. The third-order valence-corrected chi connectivity index (χ3v) is 4.41. The van der Waals surface area contributed by atoms with Crippen LogP contribution in [0.15, 0.2) is 0 Å². The van der Waals surface area contributed by atoms with Crippen LogP contribution in [0.1, 0.15) is 90.4 Å². The van der Waals surface area contributed by atoms with Gasteiger partial charge in [0.25, 0.3) is 0 Å². The summed E-state index contributed by atoms with van der Waals surface area (Å²) in [4.78, 5) is 11.5. The fourth-order valence-electron chi connectivity index (χ4n) is 2.39. The molecule has 0 aliphatic carbocycles. The van der Waals surface area contributed by atoms with Crippen LogP contribution in [0.25, 0.3) is 0 Å². The van der Waals surface area contributed by atoms with Crippen molar-refractivity contribution in [1.29, 1.82) is 0 Å². The first kappa shape index (κ1) is 22.9. The molecule has 0 saturated carbocycles. The van der Waals surface area contributed by atoms with E-state index in [0.29, 0.717) is 19.6 Å². The average Bonchev–Trinajstić information content (AvgIpc) is 2.55. The maximum Gasteiger partial charge on any atom is 0.305 e. The highest BCUT2D eigenvalue weighted by molar-refractivity contribution is 9.09. The highest BCUT2D eigenvalue weighted by atomic mass is 79.9. The lowest BCUT2D eigenvalue weighted by Crippen LogP contribution is -2.07. The van der Waals surface area contributed by atoms with Gasteiger partial charge in [-0.25, -0.2) is 0 Å². The Labute approximate surface area is 152 Å². The first-order chi connectivity index (χ1) is 11.3. The van der Waals surface area contributed by atoms with Gasteiger partial charge in [0.2, 0.25) is 0 Å². The zero-order valence-corrected chi connectivity index (χ0v) is 16.7. The third-order valence-electron chi connectivity index (χ3n) is 3.85. The first-order valence-corrected chi connectivity index (χ1v) is 10.7. The van der Waals surface area contributed by atoms with Gasteiger partial charge >= 0.3 is 5.97 Å². The lowest BCUT2D eigenvalue weighted by molar-refractivity contribution is -0.144. The smallest absolute Gasteiger partial charge is 0.305 e. The molecule has 0 heterocycles. The number of hydrogen-bond donors (Lipinski definition) is 0. The number of esters is 1. The van der Waals surface area contributed by atoms with Crippen LogP contribution in [0.2, 0.25) is 0 Å². The number of alkyl halides is 1. The van der Waals surface area contributed by atoms with E-state index in [0.717, 1.165) is 37.6 Å². The van der Waals surface area contributed by atoms with Crippen LogP contribution in [0.5, 0.6) is 0 Å². The van der Waals surface area contributed by atoms with Gasteiger partial charge in [-0.2, -0.15) is 0 Å². The summed E-state index contributed by atoms with van der Waals surface area (Å²) in [6.07, 6.45) is 14.8. The number of hydrogen-bond acceptors (Lipinski definition) is 3. The molecular formula is C19H37BrO3. The number of unbranched alkanes of at least 4 members (excludes halogenated alkanes) is 9. The number of halogens is 1. The Bertz CT molecular complexity index is 247. The standard InChI is InChI=1S/C19H37BrO3/c1-2-3-4-5-8-11-16-22-17-13-14-19(21)23-18-12-9-6-7-10-15-20/h2-18H2,1H3. The molecule has 0 atom stereocenters. The fourth-order valence-corrected chi connectivity index (χ4v) is 2.79. The van der Waals surface area contributed by atoms with Crippen LogP contribution in [-0.4, -0.2) is 31.1 Å². The van der Waals surface area contributed by atoms with Gasteiger partial charge in [-0.15, -0.1) is 0 Å². The van der Waals surface area contributed by atoms with Gasteiger partial charge < -0.3 is 9.47 Å². The van der Waals surface area contributed by atoms with Gasteiger partial charge in [0.1, 0.15) is 0 Å². The molecule has 0 radical (unpaired) electrons. The molecule has 0 saturated heterocycles. The van der Waals surface area contributed by atoms with E-state index in [2.05, 4.69) is 22.9 Å². The molecule has 0 rings (SSSR count). The zero-order chi connectivity index (χ0) is 17.0. The molecule has 0 N–H and O–H groups in total. The van der Waals surface area contributed by atoms with E-state index >= 15 is 0 Å². The van der Waals surface area contributed by atoms with Gasteiger partial charge in [-0.3, -0.25) is 4.79 Å². The largest absolute Gasteiger partial charge is 0.466 e. The molecule has 0 aliphatic heterocycles. The van der Waals surface area contributed by atoms with Crippen molar-refractivity contribution in [2.75, 3.05) is 25.2 Å². The summed E-state index contributed by atoms with van der Waals surface area (Å²) in [5.74, 6) is -0.0753. The summed E-state index contributed by atoms with van der Waals surface area (Å²) in [7, 11) is 0. The van der Waals surface area contributed by atoms with Crippen molar-refractivity contribution in [2.45, 2.75) is 90.4 Å². The highest BCUT2D eigenvalue weighted by Crippen LogP contribution is 2.06. The predicted octanol–water partition coefficient (Wildman–Crippen LogP) is 6.03. The Morgan fingerprint density at radius 1 is 0.739 bits per heavy atom. The van der Waals surface area contributed by atoms with E-state index in [9.17, 15) is 4.79 Å². The summed E-state index contributed by atoms with van der Waals surface area (Å²) in [5, 5.41) is 1.09. The number of ether oxygens (including phenoxy) is 2. The number of carbonyl (C=O) groups is 1. The summed E-state index contributed by atoms with van der Waals surface area (Å²) in [5.41, 5.74) is 0. The van der Waals surface area contributed by atoms with E-state index in [1.807, 2.05) is 0 Å². The monoisotopic (exact) mass is 392 g/mol. The minimum absolute atomic E-state index is 0.0753. The Hall–Kier alpha value is -0.0900. The van der Waals surface area contributed by atoms with E-state index in [-0.39, 0.29) is 5.97 Å². The molecule has 0 bridgehead atoms. The van der Waals surface area contributed by atoms with Crippen molar-refractivity contribution < 1.29 is 14.3 Å². The second kappa shape index (κ2) is 20.0. The molecule has 138 valence electrons. The maximum atomic E-state index is 11.5. The SMILES string of the molecule is CCCCCCCCOCCCC(=O)OCCCCCCCBr. The summed E-state index contributed by atoms with van der Waals surface area (Å²) < 4.78 is 10.8. The van der Waals surface area contributed by atoms with Gasteiger partial charge in [-0.05, 0) is 25.7 Å². The lowest BCUT2D eigenvalue weighted by atomic mass is 10.1. The van der Waals surface area contributed by atoms with Crippen molar-refractivity contribution in [3.05, 3.63) is 0 Å². The molecule has 0 amide bonds. The molecule has 0 fully saturated rings. The van der Waals surface area contributed by atoms with Crippen molar-refractivity contribution in [1.82, 2.24) is 0 Å².